The number of halogens is 1. The van der Waals surface area contributed by atoms with E-state index < -0.39 is 0 Å². The van der Waals surface area contributed by atoms with Gasteiger partial charge in [0, 0.05) is 22.3 Å². The number of carbonyl (C=O) groups excluding carboxylic acids is 1. The van der Waals surface area contributed by atoms with Crippen LogP contribution in [0.25, 0.3) is 0 Å². The smallest absolute Gasteiger partial charge is 0.236 e. The van der Waals surface area contributed by atoms with Crippen LogP contribution in [0.3, 0.4) is 0 Å². The van der Waals surface area contributed by atoms with Crippen molar-refractivity contribution in [2.24, 2.45) is 11.7 Å². The van der Waals surface area contributed by atoms with E-state index in [1.807, 2.05) is 23.1 Å². The zero-order valence-corrected chi connectivity index (χ0v) is 12.3. The van der Waals surface area contributed by atoms with Crippen molar-refractivity contribution in [3.8, 4) is 0 Å². The van der Waals surface area contributed by atoms with Crippen LogP contribution in [0.4, 0.5) is 5.69 Å². The standard InChI is InChI=1S/C13H19BrN2O2/c1-9(2)6-16(7-13(15)18)12-4-3-11(14)5-10(12)8-17/h3-5,9,17H,6-8H2,1-2H3,(H2,15,18). The van der Waals surface area contributed by atoms with E-state index in [1.54, 1.807) is 0 Å². The first kappa shape index (κ1) is 15.0. The molecule has 0 aliphatic heterocycles. The zero-order valence-electron chi connectivity index (χ0n) is 10.7. The molecule has 0 aromatic heterocycles. The lowest BCUT2D eigenvalue weighted by molar-refractivity contribution is -0.116. The molecule has 100 valence electrons. The second kappa shape index (κ2) is 6.75. The van der Waals surface area contributed by atoms with E-state index in [4.69, 9.17) is 5.73 Å². The van der Waals surface area contributed by atoms with Gasteiger partial charge in [-0.3, -0.25) is 4.79 Å². The summed E-state index contributed by atoms with van der Waals surface area (Å²) < 4.78 is 0.902. The number of anilines is 1. The molecule has 0 unspecified atom stereocenters. The first-order valence-electron chi connectivity index (χ1n) is 5.86. The van der Waals surface area contributed by atoms with Gasteiger partial charge in [0.2, 0.25) is 5.91 Å². The summed E-state index contributed by atoms with van der Waals surface area (Å²) in [6.07, 6.45) is 0. The topological polar surface area (TPSA) is 66.6 Å². The van der Waals surface area contributed by atoms with Crippen LogP contribution in [0.15, 0.2) is 22.7 Å². The van der Waals surface area contributed by atoms with Crippen molar-refractivity contribution in [1.29, 1.82) is 0 Å². The molecule has 1 aromatic carbocycles. The fourth-order valence-electron chi connectivity index (χ4n) is 1.87. The van der Waals surface area contributed by atoms with Crippen LogP contribution in [0.1, 0.15) is 19.4 Å². The lowest BCUT2D eigenvalue weighted by Crippen LogP contribution is -2.36. The monoisotopic (exact) mass is 314 g/mol. The molecule has 0 radical (unpaired) electrons. The average molecular weight is 315 g/mol. The maximum atomic E-state index is 11.1. The van der Waals surface area contributed by atoms with Gasteiger partial charge in [-0.1, -0.05) is 29.8 Å². The SMILES string of the molecule is CC(C)CN(CC(N)=O)c1ccc(Br)cc1CO. The van der Waals surface area contributed by atoms with E-state index in [0.717, 1.165) is 22.3 Å². The Labute approximate surface area is 116 Å². The van der Waals surface area contributed by atoms with Gasteiger partial charge in [0.05, 0.1) is 13.2 Å². The lowest BCUT2D eigenvalue weighted by Gasteiger charge is -2.27. The lowest BCUT2D eigenvalue weighted by atomic mass is 10.1. The Kier molecular flexibility index (Phi) is 5.62. The summed E-state index contributed by atoms with van der Waals surface area (Å²) in [6, 6.07) is 5.63. The summed E-state index contributed by atoms with van der Waals surface area (Å²) in [5.74, 6) is 0.0296. The number of carbonyl (C=O) groups is 1. The third-order valence-corrected chi connectivity index (χ3v) is 2.98. The molecule has 1 rings (SSSR count). The molecule has 0 heterocycles. The summed E-state index contributed by atoms with van der Waals surface area (Å²) in [5.41, 5.74) is 6.91. The Balaban J connectivity index is 3.06. The van der Waals surface area contributed by atoms with Gasteiger partial charge in [0.25, 0.3) is 0 Å². The molecule has 0 fully saturated rings. The number of nitrogens with zero attached hydrogens (tertiary/aromatic N) is 1. The molecule has 0 aliphatic carbocycles. The number of amides is 1. The number of primary amides is 1. The molecule has 4 nitrogen and oxygen atoms in total. The van der Waals surface area contributed by atoms with E-state index in [-0.39, 0.29) is 19.1 Å². The predicted octanol–water partition coefficient (Wildman–Crippen LogP) is 1.89. The van der Waals surface area contributed by atoms with Crippen molar-refractivity contribution in [2.75, 3.05) is 18.0 Å². The normalized spacial score (nSPS) is 10.7. The molecule has 0 saturated carbocycles. The van der Waals surface area contributed by atoms with Crippen LogP contribution in [-0.2, 0) is 11.4 Å². The highest BCUT2D eigenvalue weighted by atomic mass is 79.9. The first-order chi connectivity index (χ1) is 8.43. The summed E-state index contributed by atoms with van der Waals surface area (Å²) in [5, 5.41) is 9.40. The van der Waals surface area contributed by atoms with Gasteiger partial charge in [-0.2, -0.15) is 0 Å². The van der Waals surface area contributed by atoms with Crippen LogP contribution in [0.5, 0.6) is 0 Å². The summed E-state index contributed by atoms with van der Waals surface area (Å²) in [7, 11) is 0. The fourth-order valence-corrected chi connectivity index (χ4v) is 2.27. The van der Waals surface area contributed by atoms with Gasteiger partial charge in [0.1, 0.15) is 0 Å². The number of hydrogen-bond donors (Lipinski definition) is 2. The summed E-state index contributed by atoms with van der Waals surface area (Å²) in [6.45, 7) is 4.96. The maximum Gasteiger partial charge on any atom is 0.236 e. The molecule has 3 N–H and O–H groups in total. The quantitative estimate of drug-likeness (QED) is 0.842. The second-order valence-corrected chi connectivity index (χ2v) is 5.59. The first-order valence-corrected chi connectivity index (χ1v) is 6.66. The van der Waals surface area contributed by atoms with E-state index in [9.17, 15) is 9.90 Å². The molecular formula is C13H19BrN2O2. The number of aliphatic hydroxyl groups is 1. The Bertz CT molecular complexity index is 421. The second-order valence-electron chi connectivity index (χ2n) is 4.67. The van der Waals surface area contributed by atoms with E-state index in [0.29, 0.717) is 5.92 Å². The van der Waals surface area contributed by atoms with Crippen LogP contribution in [0.2, 0.25) is 0 Å². The molecule has 0 spiro atoms. The highest BCUT2D eigenvalue weighted by Gasteiger charge is 2.14. The minimum Gasteiger partial charge on any atom is -0.392 e. The van der Waals surface area contributed by atoms with Crippen LogP contribution >= 0.6 is 15.9 Å². The number of benzene rings is 1. The predicted molar refractivity (Wildman–Crippen MR) is 76.3 cm³/mol. The van der Waals surface area contributed by atoms with Crippen LogP contribution in [-0.4, -0.2) is 24.1 Å². The summed E-state index contributed by atoms with van der Waals surface area (Å²) >= 11 is 3.37. The van der Waals surface area contributed by atoms with E-state index in [2.05, 4.69) is 29.8 Å². The highest BCUT2D eigenvalue weighted by molar-refractivity contribution is 9.10. The molecule has 18 heavy (non-hydrogen) atoms. The molecule has 0 atom stereocenters. The molecule has 0 aliphatic rings. The van der Waals surface area contributed by atoms with Gasteiger partial charge in [-0.15, -0.1) is 0 Å². The zero-order chi connectivity index (χ0) is 13.7. The molecule has 0 saturated heterocycles. The third kappa shape index (κ3) is 4.31. The van der Waals surface area contributed by atoms with Crippen molar-refractivity contribution in [3.05, 3.63) is 28.2 Å². The number of rotatable bonds is 6. The minimum atomic E-state index is -0.373. The average Bonchev–Trinajstić information content (AvgIpc) is 2.26. The van der Waals surface area contributed by atoms with Gasteiger partial charge in [-0.25, -0.2) is 0 Å². The van der Waals surface area contributed by atoms with Gasteiger partial charge < -0.3 is 15.7 Å². The largest absolute Gasteiger partial charge is 0.392 e. The van der Waals surface area contributed by atoms with Gasteiger partial charge in [-0.05, 0) is 24.1 Å². The third-order valence-electron chi connectivity index (χ3n) is 2.48. The van der Waals surface area contributed by atoms with Crippen molar-refractivity contribution in [2.45, 2.75) is 20.5 Å². The number of hydrogen-bond acceptors (Lipinski definition) is 3. The fraction of sp³-hybridized carbons (Fsp3) is 0.462. The molecule has 5 heteroatoms. The van der Waals surface area contributed by atoms with Crippen molar-refractivity contribution < 1.29 is 9.90 Å². The highest BCUT2D eigenvalue weighted by Crippen LogP contribution is 2.25. The Morgan fingerprint density at radius 2 is 2.17 bits per heavy atom. The van der Waals surface area contributed by atoms with E-state index in [1.165, 1.54) is 0 Å². The number of aliphatic hydroxyl groups excluding tert-OH is 1. The maximum absolute atomic E-state index is 11.1. The Morgan fingerprint density at radius 1 is 1.50 bits per heavy atom. The minimum absolute atomic E-state index is 0.0673. The Morgan fingerprint density at radius 3 is 2.67 bits per heavy atom. The number of nitrogens with two attached hydrogens (primary N) is 1. The van der Waals surface area contributed by atoms with Crippen LogP contribution < -0.4 is 10.6 Å². The molecule has 1 aromatic rings. The van der Waals surface area contributed by atoms with Crippen molar-refractivity contribution >= 4 is 27.5 Å². The summed E-state index contributed by atoms with van der Waals surface area (Å²) in [4.78, 5) is 13.0. The van der Waals surface area contributed by atoms with Gasteiger partial charge in [0.15, 0.2) is 0 Å². The molecule has 1 amide bonds. The molecular weight excluding hydrogens is 296 g/mol. The van der Waals surface area contributed by atoms with Crippen LogP contribution in [0, 0.1) is 5.92 Å². The molecule has 0 bridgehead atoms. The Hall–Kier alpha value is -1.07. The van der Waals surface area contributed by atoms with Crippen molar-refractivity contribution in [3.63, 3.8) is 0 Å². The van der Waals surface area contributed by atoms with E-state index >= 15 is 0 Å². The van der Waals surface area contributed by atoms with Crippen molar-refractivity contribution in [1.82, 2.24) is 0 Å². The van der Waals surface area contributed by atoms with Gasteiger partial charge >= 0.3 is 0 Å².